The van der Waals surface area contributed by atoms with E-state index in [2.05, 4.69) is 29.3 Å². The molecular formula is C23H35N3O. The lowest BCUT2D eigenvalue weighted by atomic mass is 9.72. The second-order valence-electron chi connectivity index (χ2n) is 8.01. The molecule has 2 fully saturated rings. The first-order valence-electron chi connectivity index (χ1n) is 10.9. The van der Waals surface area contributed by atoms with Gasteiger partial charge in [0.1, 0.15) is 0 Å². The average Bonchev–Trinajstić information content (AvgIpc) is 2.74. The molecule has 0 saturated heterocycles. The highest BCUT2D eigenvalue weighted by molar-refractivity contribution is 5.96. The van der Waals surface area contributed by atoms with Crippen LogP contribution in [-0.4, -0.2) is 24.7 Å². The van der Waals surface area contributed by atoms with Crippen LogP contribution < -0.4 is 10.3 Å². The molecule has 0 radical (unpaired) electrons. The van der Waals surface area contributed by atoms with Crippen LogP contribution in [0.15, 0.2) is 29.4 Å². The van der Waals surface area contributed by atoms with Crippen LogP contribution in [0.3, 0.4) is 0 Å². The van der Waals surface area contributed by atoms with Crippen LogP contribution in [0.1, 0.15) is 82.0 Å². The van der Waals surface area contributed by atoms with E-state index in [1.807, 2.05) is 24.3 Å². The third kappa shape index (κ3) is 5.12. The van der Waals surface area contributed by atoms with Crippen molar-refractivity contribution in [2.24, 2.45) is 16.9 Å². The van der Waals surface area contributed by atoms with E-state index in [1.54, 1.807) is 0 Å². The molecule has 1 aromatic carbocycles. The summed E-state index contributed by atoms with van der Waals surface area (Å²) in [7, 11) is 0. The Morgan fingerprint density at radius 1 is 1.00 bits per heavy atom. The van der Waals surface area contributed by atoms with Gasteiger partial charge in [-0.25, -0.2) is 5.43 Å². The van der Waals surface area contributed by atoms with Crippen LogP contribution in [0, 0.1) is 11.8 Å². The van der Waals surface area contributed by atoms with Gasteiger partial charge < -0.3 is 4.90 Å². The minimum absolute atomic E-state index is 0.0958. The Hall–Kier alpha value is -1.84. The fourth-order valence-corrected chi connectivity index (χ4v) is 4.81. The summed E-state index contributed by atoms with van der Waals surface area (Å²) in [5.41, 5.74) is 5.93. The minimum Gasteiger partial charge on any atom is -0.372 e. The van der Waals surface area contributed by atoms with Gasteiger partial charge in [-0.2, -0.15) is 5.10 Å². The summed E-state index contributed by atoms with van der Waals surface area (Å²) < 4.78 is 0. The number of carbonyl (C=O) groups excluding carboxylic acids is 1. The summed E-state index contributed by atoms with van der Waals surface area (Å²) in [5.74, 6) is 1.27. The van der Waals surface area contributed by atoms with E-state index in [0.29, 0.717) is 11.5 Å². The van der Waals surface area contributed by atoms with Crippen molar-refractivity contribution in [3.8, 4) is 0 Å². The monoisotopic (exact) mass is 369 g/mol. The van der Waals surface area contributed by atoms with Crippen LogP contribution in [0.25, 0.3) is 0 Å². The molecule has 1 N–H and O–H groups in total. The van der Waals surface area contributed by atoms with E-state index in [1.165, 1.54) is 57.1 Å². The molecule has 1 aromatic rings. The van der Waals surface area contributed by atoms with Gasteiger partial charge in [0.25, 0.3) is 5.91 Å². The second-order valence-corrected chi connectivity index (χ2v) is 8.01. The number of benzene rings is 1. The lowest BCUT2D eigenvalue weighted by Crippen LogP contribution is -2.31. The summed E-state index contributed by atoms with van der Waals surface area (Å²) in [6.45, 7) is 6.23. The molecule has 3 rings (SSSR count). The molecule has 4 nitrogen and oxygen atoms in total. The Balaban J connectivity index is 1.63. The highest BCUT2D eigenvalue weighted by Crippen LogP contribution is 2.36. The van der Waals surface area contributed by atoms with E-state index in [-0.39, 0.29) is 5.91 Å². The van der Waals surface area contributed by atoms with Gasteiger partial charge in [-0.15, -0.1) is 0 Å². The van der Waals surface area contributed by atoms with Crippen LogP contribution in [-0.2, 0) is 0 Å². The summed E-state index contributed by atoms with van der Waals surface area (Å²) in [6, 6.07) is 7.87. The van der Waals surface area contributed by atoms with Gasteiger partial charge in [0, 0.05) is 36.0 Å². The lowest BCUT2D eigenvalue weighted by Gasteiger charge is -2.33. The largest absolute Gasteiger partial charge is 0.372 e. The third-order valence-electron chi connectivity index (χ3n) is 6.40. The average molecular weight is 370 g/mol. The van der Waals surface area contributed by atoms with Crippen molar-refractivity contribution >= 4 is 17.3 Å². The molecule has 2 aliphatic carbocycles. The fraction of sp³-hybridized carbons (Fsp3) is 0.652. The van der Waals surface area contributed by atoms with Crippen molar-refractivity contribution in [3.63, 3.8) is 0 Å². The van der Waals surface area contributed by atoms with Crippen LogP contribution in [0.5, 0.6) is 0 Å². The van der Waals surface area contributed by atoms with Crippen LogP contribution >= 0.6 is 0 Å². The topological polar surface area (TPSA) is 44.7 Å². The molecular weight excluding hydrogens is 334 g/mol. The predicted octanol–water partition coefficient (Wildman–Crippen LogP) is 5.39. The predicted molar refractivity (Wildman–Crippen MR) is 113 cm³/mol. The van der Waals surface area contributed by atoms with E-state index in [9.17, 15) is 4.79 Å². The SMILES string of the molecule is CCN(CC)c1ccc(C(=O)N/N=C2/CCCC[C@@H]2C2CCCCC2)cc1. The molecule has 2 aliphatic rings. The van der Waals surface area contributed by atoms with Crippen LogP contribution in [0.2, 0.25) is 0 Å². The maximum atomic E-state index is 12.6. The smallest absolute Gasteiger partial charge is 0.271 e. The van der Waals surface area contributed by atoms with Gasteiger partial charge in [0.05, 0.1) is 0 Å². The van der Waals surface area contributed by atoms with E-state index in [0.717, 1.165) is 31.1 Å². The molecule has 148 valence electrons. The summed E-state index contributed by atoms with van der Waals surface area (Å²) in [6.07, 6.45) is 11.6. The summed E-state index contributed by atoms with van der Waals surface area (Å²) in [5, 5.41) is 4.61. The van der Waals surface area contributed by atoms with E-state index in [4.69, 9.17) is 0 Å². The molecule has 2 saturated carbocycles. The molecule has 1 atom stereocenters. The van der Waals surface area contributed by atoms with Crippen molar-refractivity contribution in [1.29, 1.82) is 0 Å². The maximum Gasteiger partial charge on any atom is 0.271 e. The van der Waals surface area contributed by atoms with Gasteiger partial charge in [0.15, 0.2) is 0 Å². The fourth-order valence-electron chi connectivity index (χ4n) is 4.81. The molecule has 4 heteroatoms. The van der Waals surface area contributed by atoms with Crippen molar-refractivity contribution in [2.45, 2.75) is 71.6 Å². The maximum absolute atomic E-state index is 12.6. The Labute approximate surface area is 164 Å². The quantitative estimate of drug-likeness (QED) is 0.683. The molecule has 0 aromatic heterocycles. The van der Waals surface area contributed by atoms with Gasteiger partial charge in [0.2, 0.25) is 0 Å². The van der Waals surface area contributed by atoms with Crippen LogP contribution in [0.4, 0.5) is 5.69 Å². The number of nitrogens with one attached hydrogen (secondary N) is 1. The molecule has 0 unspecified atom stereocenters. The van der Waals surface area contributed by atoms with Crippen molar-refractivity contribution in [2.75, 3.05) is 18.0 Å². The van der Waals surface area contributed by atoms with Crippen molar-refractivity contribution in [3.05, 3.63) is 29.8 Å². The molecule has 0 heterocycles. The number of amides is 1. The number of nitrogens with zero attached hydrogens (tertiary/aromatic N) is 2. The van der Waals surface area contributed by atoms with Gasteiger partial charge in [-0.05, 0) is 76.1 Å². The number of anilines is 1. The molecule has 0 spiro atoms. The first kappa shape index (κ1) is 19.9. The Morgan fingerprint density at radius 3 is 2.33 bits per heavy atom. The molecule has 0 aliphatic heterocycles. The zero-order valence-electron chi connectivity index (χ0n) is 17.0. The standard InChI is InChI=1S/C23H35N3O/c1-3-26(4-2)20-16-14-19(15-17-20)23(27)25-24-22-13-9-8-12-21(22)18-10-6-5-7-11-18/h14-18,21H,3-13H2,1-2H3,(H,25,27)/b24-22-/t21-/m1/s1. The summed E-state index contributed by atoms with van der Waals surface area (Å²) >= 11 is 0. The number of hydrazone groups is 1. The van der Waals surface area contributed by atoms with E-state index >= 15 is 0 Å². The number of hydrogen-bond donors (Lipinski definition) is 1. The molecule has 27 heavy (non-hydrogen) atoms. The zero-order chi connectivity index (χ0) is 19.1. The highest BCUT2D eigenvalue weighted by atomic mass is 16.2. The lowest BCUT2D eigenvalue weighted by molar-refractivity contribution is 0.0954. The first-order valence-corrected chi connectivity index (χ1v) is 10.9. The minimum atomic E-state index is -0.0958. The highest BCUT2D eigenvalue weighted by Gasteiger charge is 2.29. The van der Waals surface area contributed by atoms with Crippen molar-refractivity contribution in [1.82, 2.24) is 5.43 Å². The Morgan fingerprint density at radius 2 is 1.67 bits per heavy atom. The van der Waals surface area contributed by atoms with Gasteiger partial charge in [-0.1, -0.05) is 25.7 Å². The van der Waals surface area contributed by atoms with E-state index < -0.39 is 0 Å². The number of carbonyl (C=O) groups is 1. The molecule has 1 amide bonds. The van der Waals surface area contributed by atoms with Gasteiger partial charge in [-0.3, -0.25) is 4.79 Å². The zero-order valence-corrected chi connectivity index (χ0v) is 17.0. The normalized spacial score (nSPS) is 22.6. The number of rotatable bonds is 6. The second kappa shape index (κ2) is 9.91. The summed E-state index contributed by atoms with van der Waals surface area (Å²) in [4.78, 5) is 14.8. The van der Waals surface area contributed by atoms with Gasteiger partial charge >= 0.3 is 0 Å². The van der Waals surface area contributed by atoms with Crippen molar-refractivity contribution < 1.29 is 4.79 Å². The Kier molecular flexibility index (Phi) is 7.31. The third-order valence-corrected chi connectivity index (χ3v) is 6.40. The number of hydrogen-bond acceptors (Lipinski definition) is 3. The first-order chi connectivity index (χ1) is 13.2. The Bertz CT molecular complexity index is 628. The molecule has 0 bridgehead atoms.